The monoisotopic (exact) mass is 216 g/mol. The molecule has 1 rings (SSSR count). The van der Waals surface area contributed by atoms with Gasteiger partial charge in [0, 0.05) is 12.2 Å². The maximum absolute atomic E-state index is 12.2. The van der Waals surface area contributed by atoms with Crippen LogP contribution in [0.2, 0.25) is 0 Å². The molecular formula is C10H14F2N2O. The molecule has 0 aliphatic rings. The molecule has 0 amide bonds. The van der Waals surface area contributed by atoms with E-state index in [-0.39, 0.29) is 24.1 Å². The molecule has 0 spiro atoms. The van der Waals surface area contributed by atoms with Crippen LogP contribution in [-0.2, 0) is 0 Å². The molecular weight excluding hydrogens is 202 g/mol. The van der Waals surface area contributed by atoms with E-state index in [4.69, 9.17) is 5.73 Å². The van der Waals surface area contributed by atoms with Gasteiger partial charge in [-0.15, -0.1) is 0 Å². The molecule has 0 aliphatic heterocycles. The Morgan fingerprint density at radius 1 is 1.33 bits per heavy atom. The van der Waals surface area contributed by atoms with Crippen molar-refractivity contribution in [3.63, 3.8) is 0 Å². The van der Waals surface area contributed by atoms with Crippen molar-refractivity contribution in [2.75, 3.05) is 19.1 Å². The van der Waals surface area contributed by atoms with Crippen molar-refractivity contribution in [2.24, 2.45) is 0 Å². The molecule has 0 fully saturated rings. The second kappa shape index (κ2) is 5.48. The second-order valence-corrected chi connectivity index (χ2v) is 3.29. The normalized spacial score (nSPS) is 10.9. The molecule has 84 valence electrons. The molecule has 15 heavy (non-hydrogen) atoms. The van der Waals surface area contributed by atoms with Gasteiger partial charge in [-0.05, 0) is 25.0 Å². The van der Waals surface area contributed by atoms with Crippen molar-refractivity contribution >= 4 is 5.69 Å². The Balaban J connectivity index is 2.99. The van der Waals surface area contributed by atoms with Crippen LogP contribution in [0.5, 0.6) is 0 Å². The van der Waals surface area contributed by atoms with Gasteiger partial charge in [0.2, 0.25) is 0 Å². The van der Waals surface area contributed by atoms with Gasteiger partial charge in [-0.25, -0.2) is 0 Å². The molecule has 3 nitrogen and oxygen atoms in total. The highest BCUT2D eigenvalue weighted by Crippen LogP contribution is 2.14. The molecule has 1 aromatic heterocycles. The number of hydrogen-bond acceptors (Lipinski definition) is 2. The van der Waals surface area contributed by atoms with E-state index in [0.29, 0.717) is 0 Å². The van der Waals surface area contributed by atoms with Crippen LogP contribution in [0.15, 0.2) is 23.1 Å². The smallest absolute Gasteiger partial charge is 0.273 e. The summed E-state index contributed by atoms with van der Waals surface area (Å²) in [5.74, 6) is 0. The molecule has 2 N–H and O–H groups in total. The molecule has 0 aromatic carbocycles. The Bertz CT molecular complexity index is 359. The summed E-state index contributed by atoms with van der Waals surface area (Å²) >= 11 is 0. The Hall–Kier alpha value is -1.39. The molecule has 0 saturated carbocycles. The quantitative estimate of drug-likeness (QED) is 0.814. The van der Waals surface area contributed by atoms with Crippen molar-refractivity contribution in [2.45, 2.75) is 18.9 Å². The number of rotatable bonds is 5. The average Bonchev–Trinajstić information content (AvgIpc) is 2.22. The number of pyridine rings is 1. The third kappa shape index (κ3) is 2.78. The minimum atomic E-state index is -0.577. The van der Waals surface area contributed by atoms with Crippen LogP contribution < -0.4 is 11.3 Å². The zero-order chi connectivity index (χ0) is 11.3. The summed E-state index contributed by atoms with van der Waals surface area (Å²) in [6, 6.07) is 2.62. The average molecular weight is 216 g/mol. The van der Waals surface area contributed by atoms with Crippen LogP contribution in [0.25, 0.3) is 0 Å². The zero-order valence-corrected chi connectivity index (χ0v) is 8.33. The Labute approximate surface area is 86.5 Å². The first-order chi connectivity index (χ1) is 7.20. The summed E-state index contributed by atoms with van der Waals surface area (Å²) in [7, 11) is 0. The maximum atomic E-state index is 12.2. The fraction of sp³-hybridized carbons (Fsp3) is 0.500. The fourth-order valence-corrected chi connectivity index (χ4v) is 1.49. The highest BCUT2D eigenvalue weighted by atomic mass is 19.1. The lowest BCUT2D eigenvalue weighted by molar-refractivity contribution is 0.325. The van der Waals surface area contributed by atoms with Crippen LogP contribution in [0.4, 0.5) is 14.5 Å². The summed E-state index contributed by atoms with van der Waals surface area (Å²) in [6.07, 6.45) is 1.77. The van der Waals surface area contributed by atoms with Crippen LogP contribution in [0, 0.1) is 0 Å². The van der Waals surface area contributed by atoms with Gasteiger partial charge in [0.1, 0.15) is 0 Å². The molecule has 0 bridgehead atoms. The van der Waals surface area contributed by atoms with Crippen LogP contribution in [0.1, 0.15) is 18.9 Å². The number of nitrogens with zero attached hydrogens (tertiary/aromatic N) is 1. The highest BCUT2D eigenvalue weighted by molar-refractivity contribution is 5.33. The summed E-state index contributed by atoms with van der Waals surface area (Å²) in [4.78, 5) is 11.6. The van der Waals surface area contributed by atoms with Gasteiger partial charge in [-0.2, -0.15) is 0 Å². The van der Waals surface area contributed by atoms with E-state index in [1.54, 1.807) is 6.07 Å². The summed E-state index contributed by atoms with van der Waals surface area (Å²) < 4.78 is 25.7. The Kier molecular flexibility index (Phi) is 4.27. The maximum Gasteiger partial charge on any atom is 0.273 e. The lowest BCUT2D eigenvalue weighted by Gasteiger charge is -2.17. The van der Waals surface area contributed by atoms with Crippen molar-refractivity contribution in [1.82, 2.24) is 4.57 Å². The lowest BCUT2D eigenvalue weighted by atomic mass is 10.1. The molecule has 0 unspecified atom stereocenters. The third-order valence-corrected chi connectivity index (χ3v) is 2.28. The van der Waals surface area contributed by atoms with Gasteiger partial charge >= 0.3 is 0 Å². The first-order valence-electron chi connectivity index (χ1n) is 4.79. The Morgan fingerprint density at radius 2 is 1.93 bits per heavy atom. The number of hydrogen-bond donors (Lipinski definition) is 1. The van der Waals surface area contributed by atoms with Gasteiger partial charge in [0.25, 0.3) is 5.56 Å². The standard InChI is InChI=1S/C10H14F2N2O/c11-5-3-8(4-6-12)14-7-1-2-9(13)10(14)15/h1-2,7-8H,3-6,13H2. The Morgan fingerprint density at radius 3 is 2.47 bits per heavy atom. The third-order valence-electron chi connectivity index (χ3n) is 2.28. The number of alkyl halides is 2. The summed E-state index contributed by atoms with van der Waals surface area (Å²) in [5, 5.41) is 0. The minimum absolute atomic E-state index is 0.0974. The largest absolute Gasteiger partial charge is 0.394 e. The molecule has 1 aromatic rings. The second-order valence-electron chi connectivity index (χ2n) is 3.29. The van der Waals surface area contributed by atoms with Crippen LogP contribution in [-0.4, -0.2) is 17.9 Å². The first kappa shape index (κ1) is 11.7. The number of aromatic nitrogens is 1. The van der Waals surface area contributed by atoms with E-state index < -0.39 is 19.4 Å². The van der Waals surface area contributed by atoms with Crippen molar-refractivity contribution in [3.8, 4) is 0 Å². The molecule has 1 heterocycles. The number of halogens is 2. The van der Waals surface area contributed by atoms with Gasteiger partial charge in [-0.3, -0.25) is 13.6 Å². The first-order valence-corrected chi connectivity index (χ1v) is 4.79. The van der Waals surface area contributed by atoms with Crippen molar-refractivity contribution in [3.05, 3.63) is 28.7 Å². The van der Waals surface area contributed by atoms with Gasteiger partial charge < -0.3 is 10.3 Å². The molecule has 0 radical (unpaired) electrons. The van der Waals surface area contributed by atoms with E-state index in [0.717, 1.165) is 0 Å². The number of nitrogens with two attached hydrogens (primary N) is 1. The fourth-order valence-electron chi connectivity index (χ4n) is 1.49. The van der Waals surface area contributed by atoms with Gasteiger partial charge in [0.05, 0.1) is 19.0 Å². The minimum Gasteiger partial charge on any atom is -0.394 e. The van der Waals surface area contributed by atoms with E-state index in [1.807, 2.05) is 0 Å². The predicted molar refractivity (Wildman–Crippen MR) is 55.3 cm³/mol. The van der Waals surface area contributed by atoms with E-state index in [2.05, 4.69) is 0 Å². The molecule has 0 aliphatic carbocycles. The zero-order valence-electron chi connectivity index (χ0n) is 8.33. The summed E-state index contributed by atoms with van der Waals surface area (Å²) in [5.41, 5.74) is 5.14. The SMILES string of the molecule is Nc1cccn(C(CCF)CCF)c1=O. The summed E-state index contributed by atoms with van der Waals surface area (Å²) in [6.45, 7) is -1.15. The predicted octanol–water partition coefficient (Wildman–Crippen LogP) is 1.69. The van der Waals surface area contributed by atoms with Crippen molar-refractivity contribution < 1.29 is 8.78 Å². The van der Waals surface area contributed by atoms with E-state index in [9.17, 15) is 13.6 Å². The van der Waals surface area contributed by atoms with E-state index >= 15 is 0 Å². The lowest BCUT2D eigenvalue weighted by Crippen LogP contribution is -2.26. The topological polar surface area (TPSA) is 48.0 Å². The van der Waals surface area contributed by atoms with Gasteiger partial charge in [0.15, 0.2) is 0 Å². The van der Waals surface area contributed by atoms with Crippen molar-refractivity contribution in [1.29, 1.82) is 0 Å². The highest BCUT2D eigenvalue weighted by Gasteiger charge is 2.12. The number of nitrogen functional groups attached to an aromatic ring is 1. The molecule has 0 atom stereocenters. The molecule has 5 heteroatoms. The van der Waals surface area contributed by atoms with E-state index in [1.165, 1.54) is 16.8 Å². The number of anilines is 1. The molecule has 0 saturated heterocycles. The van der Waals surface area contributed by atoms with Gasteiger partial charge in [-0.1, -0.05) is 0 Å². The van der Waals surface area contributed by atoms with Crippen LogP contribution >= 0.6 is 0 Å². The van der Waals surface area contributed by atoms with Crippen LogP contribution in [0.3, 0.4) is 0 Å².